The van der Waals surface area contributed by atoms with Crippen molar-refractivity contribution < 1.29 is 28.7 Å². The summed E-state index contributed by atoms with van der Waals surface area (Å²) in [5.41, 5.74) is -2.33. The first-order valence-corrected chi connectivity index (χ1v) is 8.39. The van der Waals surface area contributed by atoms with Gasteiger partial charge in [0.25, 0.3) is 0 Å². The Labute approximate surface area is 156 Å². The van der Waals surface area contributed by atoms with Gasteiger partial charge in [-0.1, -0.05) is 20.8 Å². The smallest absolute Gasteiger partial charge is 0.407 e. The fraction of sp³-hybridized carbons (Fsp3) is 0.588. The molecule has 1 aliphatic heterocycles. The van der Waals surface area contributed by atoms with Gasteiger partial charge in [-0.25, -0.2) is 4.79 Å². The topological polar surface area (TPSA) is 114 Å². The molecule has 1 fully saturated rings. The van der Waals surface area contributed by atoms with Crippen LogP contribution < -0.4 is 10.1 Å². The summed E-state index contributed by atoms with van der Waals surface area (Å²) in [6.07, 6.45) is -1.07. The molecule has 10 heteroatoms. The Kier molecular flexibility index (Phi) is 5.79. The number of hydrogen-bond acceptors (Lipinski definition) is 6. The maximum absolute atomic E-state index is 14.0. The molecule has 1 atom stereocenters. The molecule has 2 rings (SSSR count). The minimum atomic E-state index is -1.07. The first-order valence-electron chi connectivity index (χ1n) is 8.39. The van der Waals surface area contributed by atoms with Gasteiger partial charge in [0.1, 0.15) is 11.4 Å². The zero-order valence-corrected chi connectivity index (χ0v) is 15.7. The van der Waals surface area contributed by atoms with Crippen LogP contribution in [0.1, 0.15) is 20.8 Å². The monoisotopic (exact) mass is 385 g/mol. The number of nitrogens with one attached hydrogen (secondary N) is 1. The lowest BCUT2D eigenvalue weighted by molar-refractivity contribution is -0.386. The van der Waals surface area contributed by atoms with Crippen LogP contribution in [0.4, 0.5) is 20.6 Å². The summed E-state index contributed by atoms with van der Waals surface area (Å²) in [6, 6.07) is 2.25. The average molecular weight is 385 g/mol. The fourth-order valence-electron chi connectivity index (χ4n) is 3.07. The number of morpholine rings is 1. The van der Waals surface area contributed by atoms with Crippen LogP contribution in [0.25, 0.3) is 0 Å². The second kappa shape index (κ2) is 7.55. The molecule has 0 spiro atoms. The molecule has 1 saturated heterocycles. The van der Waals surface area contributed by atoms with Crippen molar-refractivity contribution in [2.45, 2.75) is 26.4 Å². The molecule has 1 aromatic carbocycles. The van der Waals surface area contributed by atoms with Crippen LogP contribution >= 0.6 is 0 Å². The highest BCUT2D eigenvalue weighted by atomic mass is 19.1. The summed E-state index contributed by atoms with van der Waals surface area (Å²) < 4.78 is 25.1. The zero-order valence-electron chi connectivity index (χ0n) is 15.7. The zero-order chi connectivity index (χ0) is 20.4. The van der Waals surface area contributed by atoms with Crippen LogP contribution in [0.15, 0.2) is 12.1 Å². The van der Waals surface area contributed by atoms with Gasteiger partial charge in [0.2, 0.25) is 5.82 Å². The molecule has 0 aliphatic carbocycles. The first kappa shape index (κ1) is 20.7. The van der Waals surface area contributed by atoms with Crippen LogP contribution in [0.5, 0.6) is 5.75 Å². The molecule has 0 bridgehead atoms. The Morgan fingerprint density at radius 2 is 2.19 bits per heavy atom. The summed E-state index contributed by atoms with van der Waals surface area (Å²) >= 11 is 0. The molecule has 2 N–H and O–H groups in total. The third-order valence-corrected chi connectivity index (χ3v) is 4.87. The molecule has 1 unspecified atom stereocenters. The summed E-state index contributed by atoms with van der Waals surface area (Å²) in [4.78, 5) is 23.2. The van der Waals surface area contributed by atoms with Gasteiger partial charge in [0, 0.05) is 13.1 Å². The highest BCUT2D eigenvalue weighted by Gasteiger charge is 2.48. The molecule has 0 saturated carbocycles. The van der Waals surface area contributed by atoms with Crippen molar-refractivity contribution in [1.82, 2.24) is 4.90 Å². The first-order chi connectivity index (χ1) is 12.5. The van der Waals surface area contributed by atoms with E-state index in [1.165, 1.54) is 18.1 Å². The van der Waals surface area contributed by atoms with Crippen molar-refractivity contribution >= 4 is 17.5 Å². The highest BCUT2D eigenvalue weighted by molar-refractivity contribution is 5.71. The van der Waals surface area contributed by atoms with Gasteiger partial charge >= 0.3 is 11.8 Å². The van der Waals surface area contributed by atoms with Crippen molar-refractivity contribution in [3.05, 3.63) is 28.1 Å². The summed E-state index contributed by atoms with van der Waals surface area (Å²) in [5.74, 6) is -0.886. The summed E-state index contributed by atoms with van der Waals surface area (Å²) in [7, 11) is 1.32. The van der Waals surface area contributed by atoms with Crippen molar-refractivity contribution in [3.63, 3.8) is 0 Å². The number of ether oxygens (including phenoxy) is 2. The van der Waals surface area contributed by atoms with E-state index in [1.807, 2.05) is 20.8 Å². The number of carboxylic acid groups (broad SMARTS) is 1. The third-order valence-electron chi connectivity index (χ3n) is 4.87. The number of nitro benzene ring substituents is 1. The van der Waals surface area contributed by atoms with Gasteiger partial charge in [-0.2, -0.15) is 4.39 Å². The van der Waals surface area contributed by atoms with E-state index in [4.69, 9.17) is 9.47 Å². The fourth-order valence-corrected chi connectivity index (χ4v) is 3.07. The third kappa shape index (κ3) is 4.05. The largest absolute Gasteiger partial charge is 0.494 e. The number of nitro groups is 1. The van der Waals surface area contributed by atoms with Crippen molar-refractivity contribution in [3.8, 4) is 5.75 Å². The van der Waals surface area contributed by atoms with E-state index in [0.29, 0.717) is 0 Å². The lowest BCUT2D eigenvalue weighted by atomic mass is 9.75. The maximum atomic E-state index is 14.0. The molecule has 1 aromatic rings. The molecular weight excluding hydrogens is 361 g/mol. The second-order valence-corrected chi connectivity index (χ2v) is 7.38. The Morgan fingerprint density at radius 3 is 2.70 bits per heavy atom. The van der Waals surface area contributed by atoms with Gasteiger partial charge in [-0.3, -0.25) is 10.1 Å². The quantitative estimate of drug-likeness (QED) is 0.591. The second-order valence-electron chi connectivity index (χ2n) is 7.38. The Balaban J connectivity index is 2.41. The van der Waals surface area contributed by atoms with Crippen LogP contribution in [-0.2, 0) is 4.74 Å². The highest BCUT2D eigenvalue weighted by Crippen LogP contribution is 2.40. The van der Waals surface area contributed by atoms with E-state index in [0.717, 1.165) is 6.07 Å². The van der Waals surface area contributed by atoms with Gasteiger partial charge in [0.05, 0.1) is 25.2 Å². The van der Waals surface area contributed by atoms with E-state index in [9.17, 15) is 24.4 Å². The summed E-state index contributed by atoms with van der Waals surface area (Å²) in [6.45, 7) is 6.18. The van der Waals surface area contributed by atoms with Crippen LogP contribution in [-0.4, -0.2) is 60.0 Å². The van der Waals surface area contributed by atoms with E-state index >= 15 is 0 Å². The van der Waals surface area contributed by atoms with E-state index in [1.54, 1.807) is 0 Å². The van der Waals surface area contributed by atoms with E-state index in [-0.39, 0.29) is 37.7 Å². The lowest BCUT2D eigenvalue weighted by Gasteiger charge is -2.49. The molecule has 9 nitrogen and oxygen atoms in total. The van der Waals surface area contributed by atoms with Crippen LogP contribution in [0, 0.1) is 21.3 Å². The lowest BCUT2D eigenvalue weighted by Crippen LogP contribution is -2.62. The number of hydrogen-bond donors (Lipinski definition) is 2. The minimum absolute atomic E-state index is 0.0287. The van der Waals surface area contributed by atoms with Crippen LogP contribution in [0.2, 0.25) is 0 Å². The molecule has 150 valence electrons. The van der Waals surface area contributed by atoms with Gasteiger partial charge in [0.15, 0.2) is 5.69 Å². The predicted octanol–water partition coefficient (Wildman–Crippen LogP) is 2.95. The maximum Gasteiger partial charge on any atom is 0.407 e. The molecule has 1 amide bonds. The predicted molar refractivity (Wildman–Crippen MR) is 95.8 cm³/mol. The molecule has 1 aliphatic rings. The molecule has 0 aromatic heterocycles. The molecular formula is C17H24FN3O6. The number of benzene rings is 1. The van der Waals surface area contributed by atoms with Gasteiger partial charge in [-0.15, -0.1) is 0 Å². The summed E-state index contributed by atoms with van der Waals surface area (Å²) in [5, 5.41) is 23.6. The Hall–Kier alpha value is -2.62. The van der Waals surface area contributed by atoms with Crippen molar-refractivity contribution in [1.29, 1.82) is 0 Å². The SMILES string of the molecule is COc1ccc(F)c([N+](=O)[O-])c1NCC1(C(C)(C)C)CN(C(=O)O)CCO1. The van der Waals surface area contributed by atoms with Gasteiger partial charge < -0.3 is 24.8 Å². The minimum Gasteiger partial charge on any atom is -0.494 e. The van der Waals surface area contributed by atoms with Gasteiger partial charge in [-0.05, 0) is 17.5 Å². The molecule has 1 heterocycles. The van der Waals surface area contributed by atoms with Crippen molar-refractivity contribution in [2.75, 3.05) is 38.7 Å². The number of halogens is 1. The number of nitrogens with zero attached hydrogens (tertiary/aromatic N) is 2. The molecule has 27 heavy (non-hydrogen) atoms. The normalized spacial score (nSPS) is 20.3. The Morgan fingerprint density at radius 1 is 1.52 bits per heavy atom. The van der Waals surface area contributed by atoms with Crippen LogP contribution in [0.3, 0.4) is 0 Å². The number of rotatable bonds is 5. The number of anilines is 1. The number of carbonyl (C=O) groups is 1. The number of methoxy groups -OCH3 is 1. The van der Waals surface area contributed by atoms with Crippen molar-refractivity contribution in [2.24, 2.45) is 5.41 Å². The standard InChI is InChI=1S/C17H24FN3O6/c1-16(2,3)17(10-20(15(22)23)7-8-27-17)9-19-13-12(26-4)6-5-11(18)14(13)21(24)25/h5-6,19H,7-10H2,1-4H3,(H,22,23). The molecule has 0 radical (unpaired) electrons. The Bertz CT molecular complexity index is 736. The van der Waals surface area contributed by atoms with E-state index in [2.05, 4.69) is 5.32 Å². The number of amides is 1. The van der Waals surface area contributed by atoms with E-state index < -0.39 is 33.5 Å². The average Bonchev–Trinajstić information content (AvgIpc) is 2.58.